The number of benzene rings is 1. The number of quaternary nitrogens is 1. The average molecular weight is 286 g/mol. The van der Waals surface area contributed by atoms with Gasteiger partial charge < -0.3 is 9.80 Å². The third-order valence-electron chi connectivity index (χ3n) is 4.98. The average Bonchev–Trinajstić information content (AvgIpc) is 3.24. The van der Waals surface area contributed by atoms with Crippen molar-refractivity contribution in [2.75, 3.05) is 26.0 Å². The van der Waals surface area contributed by atoms with Crippen LogP contribution in [0.1, 0.15) is 30.9 Å². The Morgan fingerprint density at radius 2 is 1.86 bits per heavy atom. The Bertz CT molecular complexity index is 598. The fourth-order valence-electron chi connectivity index (χ4n) is 2.96. The normalized spacial score (nSPS) is 16.2. The lowest BCUT2D eigenvalue weighted by Gasteiger charge is -2.37. The van der Waals surface area contributed by atoms with E-state index < -0.39 is 0 Å². The number of aryl methyl sites for hydroxylation is 2. The summed E-state index contributed by atoms with van der Waals surface area (Å²) in [4.78, 5) is 16.2. The Kier molecular flexibility index (Phi) is 3.81. The first kappa shape index (κ1) is 15.5. The zero-order chi connectivity index (χ0) is 15.8. The van der Waals surface area contributed by atoms with Crippen LogP contribution in [0.25, 0.3) is 4.85 Å². The van der Waals surface area contributed by atoms with E-state index in [0.29, 0.717) is 5.69 Å². The molecule has 0 heterocycles. The molecule has 4 nitrogen and oxygen atoms in total. The summed E-state index contributed by atoms with van der Waals surface area (Å²) >= 11 is 0. The van der Waals surface area contributed by atoms with E-state index in [4.69, 9.17) is 6.57 Å². The highest BCUT2D eigenvalue weighted by Crippen LogP contribution is 2.46. The highest BCUT2D eigenvalue weighted by Gasteiger charge is 2.62. The Hall–Kier alpha value is -1.86. The van der Waals surface area contributed by atoms with Gasteiger partial charge in [0.15, 0.2) is 11.2 Å². The maximum Gasteiger partial charge on any atom is 0.285 e. The van der Waals surface area contributed by atoms with Crippen molar-refractivity contribution < 1.29 is 9.28 Å². The summed E-state index contributed by atoms with van der Waals surface area (Å²) in [5.74, 6) is 0.108. The molecule has 1 N–H and O–H groups in total. The van der Waals surface area contributed by atoms with Crippen LogP contribution in [0.3, 0.4) is 0 Å². The zero-order valence-corrected chi connectivity index (χ0v) is 13.6. The SMILES string of the molecule is [C-]#[N+]c1cc(C)c(NC(=O)C2([N+](C)(C)CC)CC2)c(C)c1. The molecular formula is C17H24N3O+. The van der Waals surface area contributed by atoms with Crippen LogP contribution >= 0.6 is 0 Å². The van der Waals surface area contributed by atoms with Crippen molar-refractivity contribution in [2.24, 2.45) is 0 Å². The number of anilines is 1. The predicted octanol–water partition coefficient (Wildman–Crippen LogP) is 3.42. The van der Waals surface area contributed by atoms with Crippen molar-refractivity contribution in [3.63, 3.8) is 0 Å². The van der Waals surface area contributed by atoms with Gasteiger partial charge in [0.05, 0.1) is 27.2 Å². The number of amides is 1. The minimum absolute atomic E-state index is 0.108. The molecule has 1 aromatic rings. The molecule has 0 aromatic heterocycles. The van der Waals surface area contributed by atoms with E-state index >= 15 is 0 Å². The van der Waals surface area contributed by atoms with Crippen LogP contribution in [-0.2, 0) is 4.79 Å². The molecule has 1 fully saturated rings. The third-order valence-corrected chi connectivity index (χ3v) is 4.98. The van der Waals surface area contributed by atoms with Gasteiger partial charge in [0.25, 0.3) is 5.91 Å². The molecule has 0 aliphatic heterocycles. The second-order valence-electron chi connectivity index (χ2n) is 6.55. The first-order valence-corrected chi connectivity index (χ1v) is 7.40. The maximum atomic E-state index is 12.8. The van der Waals surface area contributed by atoms with Gasteiger partial charge in [-0.25, -0.2) is 4.85 Å². The van der Waals surface area contributed by atoms with Gasteiger partial charge in [0.1, 0.15) is 0 Å². The molecule has 0 spiro atoms. The van der Waals surface area contributed by atoms with Gasteiger partial charge in [-0.1, -0.05) is 12.1 Å². The topological polar surface area (TPSA) is 33.5 Å². The highest BCUT2D eigenvalue weighted by molar-refractivity contribution is 6.00. The van der Waals surface area contributed by atoms with Crippen LogP contribution in [0.15, 0.2) is 12.1 Å². The van der Waals surface area contributed by atoms with E-state index in [-0.39, 0.29) is 11.4 Å². The lowest BCUT2D eigenvalue weighted by Crippen LogP contribution is -2.56. The number of hydrogen-bond donors (Lipinski definition) is 1. The number of carbonyl (C=O) groups is 1. The molecule has 0 radical (unpaired) electrons. The number of hydrogen-bond acceptors (Lipinski definition) is 1. The first-order chi connectivity index (χ1) is 9.77. The minimum atomic E-state index is -0.286. The Labute approximate surface area is 127 Å². The van der Waals surface area contributed by atoms with Crippen molar-refractivity contribution in [2.45, 2.75) is 39.2 Å². The van der Waals surface area contributed by atoms with Crippen molar-refractivity contribution in [3.8, 4) is 0 Å². The maximum absolute atomic E-state index is 12.8. The van der Waals surface area contributed by atoms with E-state index in [1.807, 2.05) is 26.0 Å². The molecule has 112 valence electrons. The molecule has 0 bridgehead atoms. The number of likely N-dealkylation sites (N-methyl/N-ethyl adjacent to an activating group) is 1. The first-order valence-electron chi connectivity index (χ1n) is 7.40. The lowest BCUT2D eigenvalue weighted by atomic mass is 10.1. The van der Waals surface area contributed by atoms with E-state index in [0.717, 1.165) is 40.7 Å². The van der Waals surface area contributed by atoms with Crippen LogP contribution in [0.4, 0.5) is 11.4 Å². The highest BCUT2D eigenvalue weighted by atomic mass is 16.2. The third kappa shape index (κ3) is 2.54. The second kappa shape index (κ2) is 5.16. The number of nitrogens with one attached hydrogen (secondary N) is 1. The summed E-state index contributed by atoms with van der Waals surface area (Å²) in [7, 11) is 4.24. The summed E-state index contributed by atoms with van der Waals surface area (Å²) in [5.41, 5.74) is 3.09. The molecule has 0 atom stereocenters. The van der Waals surface area contributed by atoms with Gasteiger partial charge in [0, 0.05) is 18.5 Å². The smallest absolute Gasteiger partial charge is 0.285 e. The molecular weight excluding hydrogens is 262 g/mol. The van der Waals surface area contributed by atoms with Crippen molar-refractivity contribution in [1.82, 2.24) is 0 Å². The summed E-state index contributed by atoms with van der Waals surface area (Å²) < 4.78 is 0.719. The Morgan fingerprint density at radius 1 is 1.33 bits per heavy atom. The number of nitrogens with zero attached hydrogens (tertiary/aromatic N) is 2. The quantitative estimate of drug-likeness (QED) is 0.668. The molecule has 0 unspecified atom stereocenters. The second-order valence-corrected chi connectivity index (χ2v) is 6.55. The Morgan fingerprint density at radius 3 is 2.24 bits per heavy atom. The van der Waals surface area contributed by atoms with Crippen molar-refractivity contribution >= 4 is 17.3 Å². The Balaban J connectivity index is 2.28. The number of rotatable bonds is 4. The molecule has 0 saturated heterocycles. The van der Waals surface area contributed by atoms with E-state index in [1.54, 1.807) is 0 Å². The van der Waals surface area contributed by atoms with Gasteiger partial charge in [-0.3, -0.25) is 4.79 Å². The summed E-state index contributed by atoms with van der Waals surface area (Å²) in [5, 5.41) is 3.12. The van der Waals surface area contributed by atoms with Gasteiger partial charge in [-0.2, -0.15) is 0 Å². The molecule has 1 aromatic carbocycles. The van der Waals surface area contributed by atoms with Crippen LogP contribution in [-0.4, -0.2) is 36.6 Å². The van der Waals surface area contributed by atoms with Crippen molar-refractivity contribution in [1.29, 1.82) is 0 Å². The van der Waals surface area contributed by atoms with Gasteiger partial charge in [-0.05, 0) is 31.9 Å². The molecule has 1 aliphatic rings. The van der Waals surface area contributed by atoms with Crippen LogP contribution in [0.5, 0.6) is 0 Å². The molecule has 1 aliphatic carbocycles. The number of carbonyl (C=O) groups excluding carboxylic acids is 1. The minimum Gasteiger partial charge on any atom is -0.320 e. The molecule has 1 amide bonds. The monoisotopic (exact) mass is 286 g/mol. The standard InChI is InChI=1S/C17H23N3O/c1-7-20(5,6)17(8-9-17)16(21)19-15-12(2)10-14(18-4)11-13(15)3/h10-11H,7-9H2,1-3,5-6H3/p+1. The van der Waals surface area contributed by atoms with Gasteiger partial charge in [0.2, 0.25) is 0 Å². The summed E-state index contributed by atoms with van der Waals surface area (Å²) in [6.07, 6.45) is 1.88. The van der Waals surface area contributed by atoms with Crippen molar-refractivity contribution in [3.05, 3.63) is 34.7 Å². The lowest BCUT2D eigenvalue weighted by molar-refractivity contribution is -0.914. The van der Waals surface area contributed by atoms with Crippen LogP contribution in [0, 0.1) is 20.4 Å². The van der Waals surface area contributed by atoms with Crippen LogP contribution in [0.2, 0.25) is 0 Å². The van der Waals surface area contributed by atoms with Gasteiger partial charge >= 0.3 is 0 Å². The fourth-order valence-corrected chi connectivity index (χ4v) is 2.96. The predicted molar refractivity (Wildman–Crippen MR) is 85.4 cm³/mol. The fraction of sp³-hybridized carbons (Fsp3) is 0.529. The molecule has 4 heteroatoms. The van der Waals surface area contributed by atoms with Gasteiger partial charge in [-0.15, -0.1) is 0 Å². The molecule has 2 rings (SSSR count). The molecule has 21 heavy (non-hydrogen) atoms. The summed E-state index contributed by atoms with van der Waals surface area (Å²) in [6, 6.07) is 3.66. The van der Waals surface area contributed by atoms with E-state index in [9.17, 15) is 4.79 Å². The van der Waals surface area contributed by atoms with Crippen LogP contribution < -0.4 is 5.32 Å². The summed E-state index contributed by atoms with van der Waals surface area (Å²) in [6.45, 7) is 14.0. The van der Waals surface area contributed by atoms with E-state index in [1.165, 1.54) is 0 Å². The largest absolute Gasteiger partial charge is 0.320 e. The van der Waals surface area contributed by atoms with E-state index in [2.05, 4.69) is 31.2 Å². The zero-order valence-electron chi connectivity index (χ0n) is 13.6. The molecule has 1 saturated carbocycles.